The molecular formula is C32H24N4O2S. The number of ether oxygens (including phenoxy) is 1. The van der Waals surface area contributed by atoms with Gasteiger partial charge < -0.3 is 4.74 Å². The second kappa shape index (κ2) is 10.9. The van der Waals surface area contributed by atoms with Gasteiger partial charge in [0.25, 0.3) is 0 Å². The molecule has 0 saturated heterocycles. The Kier molecular flexibility index (Phi) is 6.89. The molecule has 0 aliphatic heterocycles. The van der Waals surface area contributed by atoms with E-state index >= 15 is 0 Å². The van der Waals surface area contributed by atoms with Crippen molar-refractivity contribution in [1.82, 2.24) is 19.7 Å². The van der Waals surface area contributed by atoms with Crippen molar-refractivity contribution in [1.29, 1.82) is 0 Å². The van der Waals surface area contributed by atoms with Gasteiger partial charge in [-0.2, -0.15) is 0 Å². The van der Waals surface area contributed by atoms with E-state index in [0.717, 1.165) is 39.2 Å². The molecule has 0 bridgehead atoms. The predicted molar refractivity (Wildman–Crippen MR) is 156 cm³/mol. The average molecular weight is 529 g/mol. The molecule has 0 aliphatic rings. The zero-order valence-electron chi connectivity index (χ0n) is 21.2. The number of carbonyl (C=O) groups excluding carboxylic acids is 1. The Hall–Kier alpha value is -4.75. The number of methoxy groups -OCH3 is 1. The molecule has 6 rings (SSSR count). The minimum Gasteiger partial charge on any atom is -0.497 e. The van der Waals surface area contributed by atoms with E-state index in [1.54, 1.807) is 7.11 Å². The van der Waals surface area contributed by atoms with Crippen LogP contribution in [0.25, 0.3) is 39.2 Å². The summed E-state index contributed by atoms with van der Waals surface area (Å²) < 4.78 is 7.35. The van der Waals surface area contributed by atoms with Crippen molar-refractivity contribution in [2.45, 2.75) is 5.16 Å². The molecule has 0 saturated carbocycles. The summed E-state index contributed by atoms with van der Waals surface area (Å²) >= 11 is 1.38. The minimum atomic E-state index is 0.0425. The number of hydrogen-bond acceptors (Lipinski definition) is 6. The lowest BCUT2D eigenvalue weighted by atomic mass is 10.0. The summed E-state index contributed by atoms with van der Waals surface area (Å²) in [5, 5.41) is 10.8. The van der Waals surface area contributed by atoms with E-state index in [4.69, 9.17) is 9.72 Å². The van der Waals surface area contributed by atoms with Crippen molar-refractivity contribution in [3.05, 3.63) is 121 Å². The lowest BCUT2D eigenvalue weighted by Crippen LogP contribution is -2.05. The van der Waals surface area contributed by atoms with Gasteiger partial charge in [-0.05, 0) is 48.5 Å². The number of para-hydroxylation sites is 2. The molecule has 0 atom stereocenters. The molecule has 0 N–H and O–H groups in total. The number of aromatic nitrogens is 4. The first-order chi connectivity index (χ1) is 19.2. The van der Waals surface area contributed by atoms with Crippen molar-refractivity contribution in [2.24, 2.45) is 0 Å². The van der Waals surface area contributed by atoms with Crippen LogP contribution < -0.4 is 4.74 Å². The highest BCUT2D eigenvalue weighted by Crippen LogP contribution is 2.35. The maximum atomic E-state index is 12.9. The molecule has 2 heterocycles. The third kappa shape index (κ3) is 5.04. The van der Waals surface area contributed by atoms with Crippen molar-refractivity contribution in [3.8, 4) is 34.1 Å². The van der Waals surface area contributed by atoms with Crippen LogP contribution in [0.3, 0.4) is 0 Å². The number of nitrogens with zero attached hydrogens (tertiary/aromatic N) is 4. The number of thioether (sulfide) groups is 1. The largest absolute Gasteiger partial charge is 0.497 e. The second-order valence-electron chi connectivity index (χ2n) is 8.86. The first-order valence-corrected chi connectivity index (χ1v) is 13.5. The molecule has 0 spiro atoms. The van der Waals surface area contributed by atoms with Gasteiger partial charge in [0.1, 0.15) is 5.75 Å². The summed E-state index contributed by atoms with van der Waals surface area (Å²) in [6.45, 7) is 0. The Morgan fingerprint density at radius 2 is 1.51 bits per heavy atom. The Morgan fingerprint density at radius 3 is 2.26 bits per heavy atom. The number of rotatable bonds is 8. The Balaban J connectivity index is 1.47. The normalized spacial score (nSPS) is 11.0. The fourth-order valence-electron chi connectivity index (χ4n) is 4.46. The molecule has 0 amide bonds. The first-order valence-electron chi connectivity index (χ1n) is 12.5. The Morgan fingerprint density at radius 1 is 0.821 bits per heavy atom. The SMILES string of the molecule is COc1ccc(-c2cc(-c3nnc(SCC(=O)c4ccccc4)n3-c3ccccc3)c3ccccc3n2)cc1. The number of benzene rings is 4. The average Bonchev–Trinajstić information content (AvgIpc) is 3.44. The predicted octanol–water partition coefficient (Wildman–Crippen LogP) is 7.13. The number of fused-ring (bicyclic) bond motifs is 1. The monoisotopic (exact) mass is 528 g/mol. The molecule has 0 unspecified atom stereocenters. The lowest BCUT2D eigenvalue weighted by molar-refractivity contribution is 0.102. The molecule has 190 valence electrons. The molecular weight excluding hydrogens is 504 g/mol. The zero-order valence-corrected chi connectivity index (χ0v) is 22.0. The Labute approximate surface area is 230 Å². The van der Waals surface area contributed by atoms with Crippen LogP contribution in [0.4, 0.5) is 0 Å². The number of Topliss-reactive ketones (excluding diaryl/α,β-unsaturated/α-hetero) is 1. The summed E-state index contributed by atoms with van der Waals surface area (Å²) in [7, 11) is 1.65. The highest BCUT2D eigenvalue weighted by Gasteiger charge is 2.20. The van der Waals surface area contributed by atoms with E-state index in [-0.39, 0.29) is 11.5 Å². The molecule has 2 aromatic heterocycles. The van der Waals surface area contributed by atoms with E-state index < -0.39 is 0 Å². The van der Waals surface area contributed by atoms with E-state index in [1.807, 2.05) is 114 Å². The number of carbonyl (C=O) groups is 1. The summed E-state index contributed by atoms with van der Waals surface area (Å²) in [6, 6.07) is 37.2. The topological polar surface area (TPSA) is 69.9 Å². The van der Waals surface area contributed by atoms with Crippen LogP contribution in [0.15, 0.2) is 120 Å². The van der Waals surface area contributed by atoms with Crippen molar-refractivity contribution >= 4 is 28.4 Å². The first kappa shape index (κ1) is 24.6. The number of pyridine rings is 1. The van der Waals surface area contributed by atoms with Crippen LogP contribution >= 0.6 is 11.8 Å². The van der Waals surface area contributed by atoms with Crippen molar-refractivity contribution in [3.63, 3.8) is 0 Å². The van der Waals surface area contributed by atoms with Crippen LogP contribution in [-0.2, 0) is 0 Å². The van der Waals surface area contributed by atoms with Gasteiger partial charge in [0, 0.05) is 27.8 Å². The highest BCUT2D eigenvalue weighted by atomic mass is 32.2. The van der Waals surface area contributed by atoms with Crippen LogP contribution in [0, 0.1) is 0 Å². The van der Waals surface area contributed by atoms with Gasteiger partial charge in [-0.25, -0.2) is 4.98 Å². The summed E-state index contributed by atoms with van der Waals surface area (Å²) in [6.07, 6.45) is 0. The third-order valence-electron chi connectivity index (χ3n) is 6.42. The van der Waals surface area contributed by atoms with E-state index in [0.29, 0.717) is 16.5 Å². The van der Waals surface area contributed by atoms with E-state index in [9.17, 15) is 4.79 Å². The van der Waals surface area contributed by atoms with Gasteiger partial charge in [-0.1, -0.05) is 78.5 Å². The van der Waals surface area contributed by atoms with Crippen LogP contribution in [0.1, 0.15) is 10.4 Å². The standard InChI is InChI=1S/C32H24N4O2S/c1-38-25-18-16-22(17-19-25)29-20-27(26-14-8-9-15-28(26)33-29)31-34-35-32(36(31)24-12-6-3-7-13-24)39-21-30(37)23-10-4-2-5-11-23/h2-20H,21H2,1H3. The van der Waals surface area contributed by atoms with Crippen LogP contribution in [0.2, 0.25) is 0 Å². The number of hydrogen-bond donors (Lipinski definition) is 0. The third-order valence-corrected chi connectivity index (χ3v) is 7.35. The summed E-state index contributed by atoms with van der Waals surface area (Å²) in [5.41, 5.74) is 5.15. The summed E-state index contributed by atoms with van der Waals surface area (Å²) in [5.74, 6) is 1.77. The minimum absolute atomic E-state index is 0.0425. The highest BCUT2D eigenvalue weighted by molar-refractivity contribution is 7.99. The molecule has 0 fully saturated rings. The van der Waals surface area contributed by atoms with E-state index in [2.05, 4.69) is 16.3 Å². The maximum absolute atomic E-state index is 12.9. The van der Waals surface area contributed by atoms with Gasteiger partial charge in [-0.3, -0.25) is 9.36 Å². The van der Waals surface area contributed by atoms with Gasteiger partial charge in [-0.15, -0.1) is 10.2 Å². The lowest BCUT2D eigenvalue weighted by Gasteiger charge is -2.13. The van der Waals surface area contributed by atoms with Gasteiger partial charge in [0.15, 0.2) is 16.8 Å². The van der Waals surface area contributed by atoms with Crippen molar-refractivity contribution in [2.75, 3.05) is 12.9 Å². The van der Waals surface area contributed by atoms with E-state index in [1.165, 1.54) is 11.8 Å². The zero-order chi connectivity index (χ0) is 26.6. The molecule has 0 aliphatic carbocycles. The summed E-state index contributed by atoms with van der Waals surface area (Å²) in [4.78, 5) is 17.8. The molecule has 39 heavy (non-hydrogen) atoms. The van der Waals surface area contributed by atoms with Crippen LogP contribution in [-0.4, -0.2) is 38.4 Å². The molecule has 0 radical (unpaired) electrons. The smallest absolute Gasteiger partial charge is 0.196 e. The fraction of sp³-hybridized carbons (Fsp3) is 0.0625. The molecule has 6 aromatic rings. The number of ketones is 1. The fourth-order valence-corrected chi connectivity index (χ4v) is 5.30. The molecule has 7 heteroatoms. The Bertz CT molecular complexity index is 1750. The van der Waals surface area contributed by atoms with Crippen molar-refractivity contribution < 1.29 is 9.53 Å². The molecule has 6 nitrogen and oxygen atoms in total. The van der Waals surface area contributed by atoms with Gasteiger partial charge >= 0.3 is 0 Å². The second-order valence-corrected chi connectivity index (χ2v) is 9.80. The van der Waals surface area contributed by atoms with Gasteiger partial charge in [0.05, 0.1) is 24.1 Å². The quantitative estimate of drug-likeness (QED) is 0.155. The maximum Gasteiger partial charge on any atom is 0.196 e. The van der Waals surface area contributed by atoms with Crippen LogP contribution in [0.5, 0.6) is 5.75 Å². The molecule has 4 aromatic carbocycles. The van der Waals surface area contributed by atoms with Gasteiger partial charge in [0.2, 0.25) is 0 Å².